The molecule has 3 aromatic rings. The number of nitrogens with one attached hydrogen (secondary N) is 2. The SMILES string of the molecule is CCC(Oc1ccccc1C)C(=O)Nc1ccc(C(=O)NCc2ccco2)cc1. The minimum atomic E-state index is -0.604. The number of anilines is 1. The predicted octanol–water partition coefficient (Wildman–Crippen LogP) is 4.31. The quantitative estimate of drug-likeness (QED) is 0.598. The van der Waals surface area contributed by atoms with Crippen LogP contribution in [-0.2, 0) is 11.3 Å². The second-order valence-electron chi connectivity index (χ2n) is 6.61. The summed E-state index contributed by atoms with van der Waals surface area (Å²) in [4.78, 5) is 24.8. The smallest absolute Gasteiger partial charge is 0.265 e. The molecule has 29 heavy (non-hydrogen) atoms. The molecule has 6 heteroatoms. The number of ether oxygens (including phenoxy) is 1. The van der Waals surface area contributed by atoms with Crippen LogP contribution >= 0.6 is 0 Å². The van der Waals surface area contributed by atoms with Crippen molar-refractivity contribution in [3.63, 3.8) is 0 Å². The number of hydrogen-bond acceptors (Lipinski definition) is 4. The van der Waals surface area contributed by atoms with E-state index in [-0.39, 0.29) is 11.8 Å². The van der Waals surface area contributed by atoms with E-state index in [1.165, 1.54) is 0 Å². The van der Waals surface area contributed by atoms with Crippen molar-refractivity contribution < 1.29 is 18.7 Å². The van der Waals surface area contributed by atoms with Crippen molar-refractivity contribution in [2.75, 3.05) is 5.32 Å². The van der Waals surface area contributed by atoms with Crippen LogP contribution in [-0.4, -0.2) is 17.9 Å². The van der Waals surface area contributed by atoms with Gasteiger partial charge in [-0.15, -0.1) is 0 Å². The topological polar surface area (TPSA) is 80.6 Å². The van der Waals surface area contributed by atoms with Gasteiger partial charge in [-0.2, -0.15) is 0 Å². The van der Waals surface area contributed by atoms with Gasteiger partial charge in [0.05, 0.1) is 12.8 Å². The van der Waals surface area contributed by atoms with E-state index in [9.17, 15) is 9.59 Å². The summed E-state index contributed by atoms with van der Waals surface area (Å²) in [5.41, 5.74) is 2.07. The first-order valence-corrected chi connectivity index (χ1v) is 9.50. The van der Waals surface area contributed by atoms with Gasteiger partial charge < -0.3 is 19.8 Å². The molecule has 0 radical (unpaired) electrons. The second-order valence-corrected chi connectivity index (χ2v) is 6.61. The van der Waals surface area contributed by atoms with Gasteiger partial charge in [-0.25, -0.2) is 0 Å². The summed E-state index contributed by atoms with van der Waals surface area (Å²) < 4.78 is 11.1. The highest BCUT2D eigenvalue weighted by Gasteiger charge is 2.19. The maximum Gasteiger partial charge on any atom is 0.265 e. The Hall–Kier alpha value is -3.54. The zero-order valence-electron chi connectivity index (χ0n) is 16.5. The zero-order chi connectivity index (χ0) is 20.6. The fourth-order valence-corrected chi connectivity index (χ4v) is 2.77. The largest absolute Gasteiger partial charge is 0.480 e. The number of benzene rings is 2. The molecule has 2 N–H and O–H groups in total. The third kappa shape index (κ3) is 5.48. The van der Waals surface area contributed by atoms with Crippen LogP contribution in [0.4, 0.5) is 5.69 Å². The molecule has 1 unspecified atom stereocenters. The van der Waals surface area contributed by atoms with Gasteiger partial charge in [-0.3, -0.25) is 9.59 Å². The number of aryl methyl sites for hydroxylation is 1. The Labute approximate surface area is 169 Å². The maximum atomic E-state index is 12.6. The molecule has 0 aliphatic carbocycles. The first kappa shape index (κ1) is 20.2. The van der Waals surface area contributed by atoms with Crippen LogP contribution in [0.15, 0.2) is 71.3 Å². The highest BCUT2D eigenvalue weighted by Crippen LogP contribution is 2.20. The molecule has 3 rings (SSSR count). The summed E-state index contributed by atoms with van der Waals surface area (Å²) in [6.45, 7) is 4.16. The monoisotopic (exact) mass is 392 g/mol. The molecule has 0 saturated heterocycles. The fourth-order valence-electron chi connectivity index (χ4n) is 2.77. The highest BCUT2D eigenvalue weighted by atomic mass is 16.5. The van der Waals surface area contributed by atoms with E-state index in [0.29, 0.717) is 35.7 Å². The molecular formula is C23H24N2O4. The Bertz CT molecular complexity index is 949. The lowest BCUT2D eigenvalue weighted by Crippen LogP contribution is -2.32. The van der Waals surface area contributed by atoms with Crippen molar-refractivity contribution in [1.29, 1.82) is 0 Å². The van der Waals surface area contributed by atoms with Crippen LogP contribution in [0, 0.1) is 6.92 Å². The third-order valence-electron chi connectivity index (χ3n) is 4.44. The Kier molecular flexibility index (Phi) is 6.68. The molecule has 0 aliphatic rings. The van der Waals surface area contributed by atoms with E-state index in [2.05, 4.69) is 10.6 Å². The zero-order valence-corrected chi connectivity index (χ0v) is 16.5. The summed E-state index contributed by atoms with van der Waals surface area (Å²) in [6.07, 6.45) is 1.49. The van der Waals surface area contributed by atoms with Gasteiger partial charge in [0.1, 0.15) is 11.5 Å². The summed E-state index contributed by atoms with van der Waals surface area (Å²) in [5, 5.41) is 5.62. The van der Waals surface area contributed by atoms with E-state index >= 15 is 0 Å². The molecule has 0 bridgehead atoms. The van der Waals surface area contributed by atoms with Gasteiger partial charge in [0, 0.05) is 11.3 Å². The van der Waals surface area contributed by atoms with Gasteiger partial charge in [0.15, 0.2) is 6.10 Å². The van der Waals surface area contributed by atoms with E-state index in [1.54, 1.807) is 42.7 Å². The minimum Gasteiger partial charge on any atom is -0.480 e. The van der Waals surface area contributed by atoms with Crippen molar-refractivity contribution in [3.8, 4) is 5.75 Å². The third-order valence-corrected chi connectivity index (χ3v) is 4.44. The van der Waals surface area contributed by atoms with E-state index in [1.807, 2.05) is 38.1 Å². The summed E-state index contributed by atoms with van der Waals surface area (Å²) in [7, 11) is 0. The van der Waals surface area contributed by atoms with Crippen LogP contribution in [0.1, 0.15) is 35.0 Å². The molecule has 6 nitrogen and oxygen atoms in total. The molecular weight excluding hydrogens is 368 g/mol. The molecule has 0 fully saturated rings. The number of furan rings is 1. The molecule has 0 spiro atoms. The number of rotatable bonds is 8. The van der Waals surface area contributed by atoms with Crippen molar-refractivity contribution in [3.05, 3.63) is 83.8 Å². The maximum absolute atomic E-state index is 12.6. The molecule has 0 saturated carbocycles. The second kappa shape index (κ2) is 9.59. The Morgan fingerprint density at radius 1 is 1.03 bits per heavy atom. The summed E-state index contributed by atoms with van der Waals surface area (Å²) >= 11 is 0. The Balaban J connectivity index is 1.57. The number of carbonyl (C=O) groups excluding carboxylic acids is 2. The Morgan fingerprint density at radius 2 is 1.79 bits per heavy atom. The lowest BCUT2D eigenvalue weighted by molar-refractivity contribution is -0.122. The number of carbonyl (C=O) groups is 2. The Morgan fingerprint density at radius 3 is 2.45 bits per heavy atom. The van der Waals surface area contributed by atoms with Crippen molar-refractivity contribution >= 4 is 17.5 Å². The number of para-hydroxylation sites is 1. The average molecular weight is 392 g/mol. The normalized spacial score (nSPS) is 11.5. The molecule has 1 heterocycles. The standard InChI is InChI=1S/C23H24N2O4/c1-3-20(29-21-9-5-4-7-16(21)2)23(27)25-18-12-10-17(11-13-18)22(26)24-15-19-8-6-14-28-19/h4-14,20H,3,15H2,1-2H3,(H,24,26)(H,25,27). The van der Waals surface area contributed by atoms with E-state index in [0.717, 1.165) is 5.56 Å². The number of amides is 2. The van der Waals surface area contributed by atoms with Gasteiger partial charge in [0.2, 0.25) is 0 Å². The van der Waals surface area contributed by atoms with Gasteiger partial charge in [-0.05, 0) is 61.4 Å². The predicted molar refractivity (Wildman–Crippen MR) is 111 cm³/mol. The van der Waals surface area contributed by atoms with E-state index in [4.69, 9.17) is 9.15 Å². The van der Waals surface area contributed by atoms with Crippen LogP contribution in [0.2, 0.25) is 0 Å². The van der Waals surface area contributed by atoms with Crippen LogP contribution in [0.3, 0.4) is 0 Å². The van der Waals surface area contributed by atoms with Crippen LogP contribution in [0.25, 0.3) is 0 Å². The lowest BCUT2D eigenvalue weighted by atomic mass is 10.1. The van der Waals surface area contributed by atoms with Gasteiger partial charge in [-0.1, -0.05) is 25.1 Å². The molecule has 2 aromatic carbocycles. The van der Waals surface area contributed by atoms with Crippen molar-refractivity contribution in [1.82, 2.24) is 5.32 Å². The highest BCUT2D eigenvalue weighted by molar-refractivity contribution is 5.96. The molecule has 0 aliphatic heterocycles. The first-order chi connectivity index (χ1) is 14.1. The van der Waals surface area contributed by atoms with Gasteiger partial charge >= 0.3 is 0 Å². The van der Waals surface area contributed by atoms with Crippen molar-refractivity contribution in [2.24, 2.45) is 0 Å². The fraction of sp³-hybridized carbons (Fsp3) is 0.217. The molecule has 150 valence electrons. The average Bonchev–Trinajstić information content (AvgIpc) is 3.25. The molecule has 1 atom stereocenters. The minimum absolute atomic E-state index is 0.214. The molecule has 2 amide bonds. The van der Waals surface area contributed by atoms with Crippen LogP contribution in [0.5, 0.6) is 5.75 Å². The molecule has 1 aromatic heterocycles. The van der Waals surface area contributed by atoms with E-state index < -0.39 is 6.10 Å². The van der Waals surface area contributed by atoms with Gasteiger partial charge in [0.25, 0.3) is 11.8 Å². The van der Waals surface area contributed by atoms with Crippen LogP contribution < -0.4 is 15.4 Å². The number of hydrogen-bond donors (Lipinski definition) is 2. The van der Waals surface area contributed by atoms with Crippen molar-refractivity contribution in [2.45, 2.75) is 32.9 Å². The summed E-state index contributed by atoms with van der Waals surface area (Å²) in [5.74, 6) is 0.930. The lowest BCUT2D eigenvalue weighted by Gasteiger charge is -2.18. The summed E-state index contributed by atoms with van der Waals surface area (Å²) in [6, 6.07) is 17.9. The first-order valence-electron chi connectivity index (χ1n) is 9.50.